The van der Waals surface area contributed by atoms with Gasteiger partial charge in [0.2, 0.25) is 0 Å². The fourth-order valence-corrected chi connectivity index (χ4v) is 7.72. The van der Waals surface area contributed by atoms with Crippen LogP contribution in [0.5, 0.6) is 0 Å². The summed E-state index contributed by atoms with van der Waals surface area (Å²) in [4.78, 5) is 37.6. The summed E-state index contributed by atoms with van der Waals surface area (Å²) in [7, 11) is -4.15. The van der Waals surface area contributed by atoms with Crippen LogP contribution < -0.4 is 5.32 Å². The monoisotopic (exact) mass is 865 g/mol. The standard InChI is InChI=1S/C49H72NO10P/c1-2-3-4-5-6-8-12-15-27-36-48(52)60-46(42-59-61(54,57-39-44-31-22-18-23-32-44)58-40-45-33-24-19-25-34-45)41-55-47(51)35-26-14-11-9-7-10-13-16-28-37-50-49(53)56-38-43-29-20-17-21-30-43/h17-25,29-34,46H,2-16,26-28,35-42H2,1H3,(H,50,53). The molecule has 0 heterocycles. The second-order valence-electron chi connectivity index (χ2n) is 15.6. The van der Waals surface area contributed by atoms with E-state index < -0.39 is 19.9 Å². The summed E-state index contributed by atoms with van der Waals surface area (Å²) in [6.07, 6.45) is 18.2. The molecule has 1 N–H and O–H groups in total. The van der Waals surface area contributed by atoms with Gasteiger partial charge in [-0.3, -0.25) is 23.2 Å². The van der Waals surface area contributed by atoms with Crippen LogP contribution in [0.1, 0.15) is 152 Å². The maximum atomic E-state index is 13.9. The van der Waals surface area contributed by atoms with Gasteiger partial charge >= 0.3 is 25.9 Å². The van der Waals surface area contributed by atoms with E-state index in [2.05, 4.69) is 12.2 Å². The number of ether oxygens (including phenoxy) is 3. The Balaban J connectivity index is 1.36. The topological polar surface area (TPSA) is 136 Å². The Labute approximate surface area is 365 Å². The van der Waals surface area contributed by atoms with Crippen LogP contribution in [0, 0.1) is 0 Å². The number of phosphoric ester groups is 1. The number of alkyl carbamates (subject to hydrolysis) is 1. The van der Waals surface area contributed by atoms with Gasteiger partial charge in [0.05, 0.1) is 19.8 Å². The fourth-order valence-electron chi connectivity index (χ4n) is 6.54. The zero-order valence-corrected chi connectivity index (χ0v) is 37.5. The van der Waals surface area contributed by atoms with Gasteiger partial charge in [0.1, 0.15) is 13.2 Å². The van der Waals surface area contributed by atoms with E-state index >= 15 is 0 Å². The zero-order valence-electron chi connectivity index (χ0n) is 36.7. The van der Waals surface area contributed by atoms with E-state index in [0.29, 0.717) is 19.4 Å². The van der Waals surface area contributed by atoms with Gasteiger partial charge in [-0.15, -0.1) is 0 Å². The third kappa shape index (κ3) is 26.8. The molecule has 0 spiro atoms. The van der Waals surface area contributed by atoms with Crippen molar-refractivity contribution in [2.24, 2.45) is 0 Å². The average molecular weight is 866 g/mol. The van der Waals surface area contributed by atoms with Crippen molar-refractivity contribution in [2.45, 2.75) is 161 Å². The first-order chi connectivity index (χ1) is 29.8. The van der Waals surface area contributed by atoms with E-state index in [1.165, 1.54) is 32.1 Å². The quantitative estimate of drug-likeness (QED) is 0.0260. The summed E-state index contributed by atoms with van der Waals surface area (Å²) >= 11 is 0. The SMILES string of the molecule is CCCCCCCCCCCC(=O)OC(COC(=O)CCCCCCCCCCCNC(=O)OCc1ccccc1)COP(=O)(OCc1ccccc1)OCc1ccccc1. The molecule has 0 radical (unpaired) electrons. The molecule has 0 fully saturated rings. The van der Waals surface area contributed by atoms with E-state index in [9.17, 15) is 18.9 Å². The first kappa shape index (κ1) is 51.3. The number of hydrogen-bond acceptors (Lipinski definition) is 10. The molecule has 0 aromatic heterocycles. The van der Waals surface area contributed by atoms with E-state index in [-0.39, 0.29) is 57.9 Å². The lowest BCUT2D eigenvalue weighted by Crippen LogP contribution is -2.29. The first-order valence-electron chi connectivity index (χ1n) is 22.8. The van der Waals surface area contributed by atoms with Gasteiger partial charge in [0, 0.05) is 19.4 Å². The van der Waals surface area contributed by atoms with E-state index in [4.69, 9.17) is 27.8 Å². The number of hydrogen-bond donors (Lipinski definition) is 1. The molecule has 0 saturated carbocycles. The predicted molar refractivity (Wildman–Crippen MR) is 240 cm³/mol. The lowest BCUT2D eigenvalue weighted by molar-refractivity contribution is -0.161. The average Bonchev–Trinajstić information content (AvgIpc) is 3.28. The van der Waals surface area contributed by atoms with E-state index in [1.807, 2.05) is 91.0 Å². The highest BCUT2D eigenvalue weighted by Gasteiger charge is 2.30. The summed E-state index contributed by atoms with van der Waals surface area (Å²) in [5, 5.41) is 2.81. The number of rotatable bonds is 36. The normalized spacial score (nSPS) is 11.8. The van der Waals surface area contributed by atoms with Crippen LogP contribution >= 0.6 is 7.82 Å². The molecule has 1 amide bonds. The number of carbonyl (C=O) groups excluding carboxylic acids is 3. The van der Waals surface area contributed by atoms with Gasteiger partial charge in [-0.25, -0.2) is 9.36 Å². The second-order valence-corrected chi connectivity index (χ2v) is 17.2. The molecule has 338 valence electrons. The summed E-state index contributed by atoms with van der Waals surface area (Å²) in [6.45, 7) is 2.48. The maximum absolute atomic E-state index is 13.9. The van der Waals surface area contributed by atoms with Crippen LogP contribution in [0.15, 0.2) is 91.0 Å². The highest BCUT2D eigenvalue weighted by Crippen LogP contribution is 2.51. The zero-order chi connectivity index (χ0) is 43.5. The van der Waals surface area contributed by atoms with Crippen LogP contribution in [0.4, 0.5) is 4.79 Å². The molecular weight excluding hydrogens is 794 g/mol. The first-order valence-corrected chi connectivity index (χ1v) is 24.2. The maximum Gasteiger partial charge on any atom is 0.475 e. The largest absolute Gasteiger partial charge is 0.475 e. The number of phosphoric acid groups is 1. The Kier molecular flexibility index (Phi) is 28.3. The molecule has 61 heavy (non-hydrogen) atoms. The molecule has 3 aromatic carbocycles. The predicted octanol–water partition coefficient (Wildman–Crippen LogP) is 12.7. The lowest BCUT2D eigenvalue weighted by atomic mass is 10.1. The van der Waals surface area contributed by atoms with Crippen molar-refractivity contribution < 1.29 is 46.7 Å². The Hall–Kier alpha value is -4.02. The Morgan fingerprint density at radius 2 is 0.918 bits per heavy atom. The van der Waals surface area contributed by atoms with Gasteiger partial charge in [0.25, 0.3) is 0 Å². The van der Waals surface area contributed by atoms with Crippen molar-refractivity contribution in [3.63, 3.8) is 0 Å². The van der Waals surface area contributed by atoms with Crippen LogP contribution in [0.25, 0.3) is 0 Å². The third-order valence-electron chi connectivity index (χ3n) is 10.1. The van der Waals surface area contributed by atoms with Crippen LogP contribution in [-0.4, -0.2) is 43.9 Å². The summed E-state index contributed by atoms with van der Waals surface area (Å²) in [6, 6.07) is 28.2. The fraction of sp³-hybridized carbons (Fsp3) is 0.571. The molecule has 1 unspecified atom stereocenters. The van der Waals surface area contributed by atoms with E-state index in [1.54, 1.807) is 0 Å². The number of benzene rings is 3. The molecule has 1 atom stereocenters. The van der Waals surface area contributed by atoms with Crippen LogP contribution in [-0.2, 0) is 61.8 Å². The van der Waals surface area contributed by atoms with Crippen molar-refractivity contribution in [3.8, 4) is 0 Å². The Morgan fingerprint density at radius 1 is 0.492 bits per heavy atom. The molecule has 0 aliphatic rings. The molecular formula is C49H72NO10P. The molecule has 12 heteroatoms. The molecule has 3 rings (SSSR count). The smallest absolute Gasteiger partial charge is 0.462 e. The second kappa shape index (κ2) is 33.6. The Morgan fingerprint density at radius 3 is 1.41 bits per heavy atom. The van der Waals surface area contributed by atoms with Gasteiger partial charge in [-0.05, 0) is 36.0 Å². The minimum atomic E-state index is -4.15. The molecule has 0 saturated heterocycles. The molecule has 0 bridgehead atoms. The van der Waals surface area contributed by atoms with Crippen molar-refractivity contribution >= 4 is 25.9 Å². The van der Waals surface area contributed by atoms with Gasteiger partial charge in [0.15, 0.2) is 6.10 Å². The number of nitrogens with one attached hydrogen (secondary N) is 1. The number of carbonyl (C=O) groups is 3. The lowest BCUT2D eigenvalue weighted by Gasteiger charge is -2.22. The van der Waals surface area contributed by atoms with Gasteiger partial charge in [-0.2, -0.15) is 0 Å². The highest BCUT2D eigenvalue weighted by molar-refractivity contribution is 7.48. The molecule has 0 aliphatic heterocycles. The van der Waals surface area contributed by atoms with Gasteiger partial charge in [-0.1, -0.05) is 194 Å². The summed E-state index contributed by atoms with van der Waals surface area (Å²) in [5.74, 6) is -0.810. The summed E-state index contributed by atoms with van der Waals surface area (Å²) in [5.41, 5.74) is 2.53. The number of amides is 1. The van der Waals surface area contributed by atoms with Gasteiger partial charge < -0.3 is 19.5 Å². The van der Waals surface area contributed by atoms with Crippen molar-refractivity contribution in [2.75, 3.05) is 19.8 Å². The minimum absolute atomic E-state index is 0.0156. The van der Waals surface area contributed by atoms with Crippen LogP contribution in [0.3, 0.4) is 0 Å². The minimum Gasteiger partial charge on any atom is -0.462 e. The van der Waals surface area contributed by atoms with Crippen molar-refractivity contribution in [3.05, 3.63) is 108 Å². The van der Waals surface area contributed by atoms with Crippen molar-refractivity contribution in [1.82, 2.24) is 5.32 Å². The van der Waals surface area contributed by atoms with E-state index in [0.717, 1.165) is 87.3 Å². The highest BCUT2D eigenvalue weighted by atomic mass is 31.2. The molecule has 11 nitrogen and oxygen atoms in total. The third-order valence-corrected chi connectivity index (χ3v) is 11.5. The van der Waals surface area contributed by atoms with Crippen molar-refractivity contribution in [1.29, 1.82) is 0 Å². The number of esters is 2. The molecule has 3 aromatic rings. The summed E-state index contributed by atoms with van der Waals surface area (Å²) < 4.78 is 47.8. The Bertz CT molecular complexity index is 1560. The molecule has 0 aliphatic carbocycles. The number of unbranched alkanes of at least 4 members (excludes halogenated alkanes) is 16. The van der Waals surface area contributed by atoms with Crippen LogP contribution in [0.2, 0.25) is 0 Å².